The fraction of sp³-hybridized carbons (Fsp3) is 0.875. The van der Waals surface area contributed by atoms with Gasteiger partial charge in [-0.2, -0.15) is 5.26 Å². The van der Waals surface area contributed by atoms with E-state index in [9.17, 15) is 10.1 Å². The van der Waals surface area contributed by atoms with Crippen molar-refractivity contribution in [2.45, 2.75) is 44.6 Å². The van der Waals surface area contributed by atoms with Crippen molar-refractivity contribution in [2.75, 3.05) is 19.6 Å². The summed E-state index contributed by atoms with van der Waals surface area (Å²) in [4.78, 5) is 15.1. The van der Waals surface area contributed by atoms with E-state index in [1.807, 2.05) is 4.90 Å². The quantitative estimate of drug-likeness (QED) is 0.788. The number of piperazine rings is 1. The van der Waals surface area contributed by atoms with Gasteiger partial charge in [-0.05, 0) is 56.3 Å². The van der Waals surface area contributed by atoms with Gasteiger partial charge in [0.25, 0.3) is 0 Å². The van der Waals surface area contributed by atoms with E-state index in [0.717, 1.165) is 43.6 Å². The van der Waals surface area contributed by atoms with Gasteiger partial charge < -0.3 is 10.2 Å². The van der Waals surface area contributed by atoms with Crippen LogP contribution >= 0.6 is 0 Å². The Hall–Kier alpha value is -1.08. The molecule has 108 valence electrons. The van der Waals surface area contributed by atoms with Crippen LogP contribution in [0.3, 0.4) is 0 Å². The SMILES string of the molecule is N#CC1CNCCN1C(=O)C12CC3CC(CC(C3)C1)C2. The molecule has 1 N–H and O–H groups in total. The summed E-state index contributed by atoms with van der Waals surface area (Å²) < 4.78 is 0. The van der Waals surface area contributed by atoms with Crippen molar-refractivity contribution in [3.8, 4) is 6.07 Å². The topological polar surface area (TPSA) is 56.1 Å². The maximum atomic E-state index is 13.2. The molecule has 1 aliphatic heterocycles. The lowest BCUT2D eigenvalue weighted by Crippen LogP contribution is -2.60. The number of amides is 1. The van der Waals surface area contributed by atoms with E-state index in [1.165, 1.54) is 19.3 Å². The lowest BCUT2D eigenvalue weighted by atomic mass is 9.49. The predicted octanol–water partition coefficient (Wildman–Crippen LogP) is 1.53. The molecule has 5 aliphatic rings. The zero-order valence-electron chi connectivity index (χ0n) is 12.0. The van der Waals surface area contributed by atoms with E-state index in [1.54, 1.807) is 0 Å². The minimum Gasteiger partial charge on any atom is -0.324 e. The van der Waals surface area contributed by atoms with Crippen LogP contribution in [0.2, 0.25) is 0 Å². The number of nitriles is 1. The molecule has 1 unspecified atom stereocenters. The number of carbonyl (C=O) groups is 1. The maximum Gasteiger partial charge on any atom is 0.229 e. The van der Waals surface area contributed by atoms with Gasteiger partial charge in [-0.1, -0.05) is 0 Å². The van der Waals surface area contributed by atoms with E-state index in [2.05, 4.69) is 11.4 Å². The minimum absolute atomic E-state index is 0.0960. The Bertz CT molecular complexity index is 432. The molecule has 4 heteroatoms. The highest BCUT2D eigenvalue weighted by atomic mass is 16.2. The van der Waals surface area contributed by atoms with Crippen molar-refractivity contribution in [1.82, 2.24) is 10.2 Å². The summed E-state index contributed by atoms with van der Waals surface area (Å²) in [6, 6.07) is 2.05. The number of rotatable bonds is 1. The first-order chi connectivity index (χ1) is 9.70. The van der Waals surface area contributed by atoms with Gasteiger partial charge in [-0.3, -0.25) is 4.79 Å². The molecule has 1 saturated heterocycles. The fourth-order valence-electron chi connectivity index (χ4n) is 5.74. The molecule has 1 heterocycles. The zero-order chi connectivity index (χ0) is 13.7. The second kappa shape index (κ2) is 4.46. The first-order valence-electron chi connectivity index (χ1n) is 8.11. The van der Waals surface area contributed by atoms with E-state index in [4.69, 9.17) is 0 Å². The minimum atomic E-state index is -0.260. The summed E-state index contributed by atoms with van der Waals surface area (Å²) >= 11 is 0. The van der Waals surface area contributed by atoms with Crippen molar-refractivity contribution in [1.29, 1.82) is 5.26 Å². The Labute approximate surface area is 120 Å². The van der Waals surface area contributed by atoms with Gasteiger partial charge >= 0.3 is 0 Å². The summed E-state index contributed by atoms with van der Waals surface area (Å²) in [6.45, 7) is 2.17. The number of hydrogen-bond acceptors (Lipinski definition) is 3. The Morgan fingerprint density at radius 1 is 1.15 bits per heavy atom. The zero-order valence-corrected chi connectivity index (χ0v) is 12.0. The van der Waals surface area contributed by atoms with E-state index in [0.29, 0.717) is 19.0 Å². The van der Waals surface area contributed by atoms with Gasteiger partial charge in [0.15, 0.2) is 0 Å². The molecule has 5 fully saturated rings. The average Bonchev–Trinajstić information content (AvgIpc) is 2.45. The lowest BCUT2D eigenvalue weighted by Gasteiger charge is -2.57. The highest BCUT2D eigenvalue weighted by Crippen LogP contribution is 2.60. The molecule has 0 spiro atoms. The molecule has 4 bridgehead atoms. The molecule has 4 saturated carbocycles. The first kappa shape index (κ1) is 12.6. The Kier molecular flexibility index (Phi) is 2.82. The molecular weight excluding hydrogens is 250 g/mol. The Morgan fingerprint density at radius 2 is 1.75 bits per heavy atom. The molecule has 4 aliphatic carbocycles. The third-order valence-corrected chi connectivity index (χ3v) is 6.15. The Balaban J connectivity index is 1.60. The maximum absolute atomic E-state index is 13.2. The van der Waals surface area contributed by atoms with Gasteiger partial charge in [0.1, 0.15) is 6.04 Å². The van der Waals surface area contributed by atoms with Crippen molar-refractivity contribution in [3.05, 3.63) is 0 Å². The van der Waals surface area contributed by atoms with Crippen LogP contribution in [-0.4, -0.2) is 36.5 Å². The Morgan fingerprint density at radius 3 is 2.30 bits per heavy atom. The van der Waals surface area contributed by atoms with Crippen molar-refractivity contribution in [3.63, 3.8) is 0 Å². The van der Waals surface area contributed by atoms with Gasteiger partial charge in [0.05, 0.1) is 11.5 Å². The molecular formula is C16H23N3O. The van der Waals surface area contributed by atoms with Crippen LogP contribution in [0.25, 0.3) is 0 Å². The summed E-state index contributed by atoms with van der Waals surface area (Å²) in [5.74, 6) is 2.67. The molecule has 20 heavy (non-hydrogen) atoms. The molecule has 5 rings (SSSR count). The first-order valence-corrected chi connectivity index (χ1v) is 8.11. The summed E-state index contributed by atoms with van der Waals surface area (Å²) in [7, 11) is 0. The van der Waals surface area contributed by atoms with Crippen LogP contribution in [0, 0.1) is 34.5 Å². The smallest absolute Gasteiger partial charge is 0.229 e. The summed E-state index contributed by atoms with van der Waals surface area (Å²) in [5.41, 5.74) is -0.0960. The largest absolute Gasteiger partial charge is 0.324 e. The standard InChI is InChI=1S/C16H23N3O/c17-9-14-10-18-1-2-19(14)15(20)16-6-11-3-12(7-16)5-13(4-11)8-16/h11-14,18H,1-8,10H2. The van der Waals surface area contributed by atoms with E-state index < -0.39 is 0 Å². The molecule has 0 aromatic rings. The number of nitrogens with zero attached hydrogens (tertiary/aromatic N) is 2. The number of nitrogens with one attached hydrogen (secondary N) is 1. The predicted molar refractivity (Wildman–Crippen MR) is 74.6 cm³/mol. The van der Waals surface area contributed by atoms with Crippen LogP contribution < -0.4 is 5.32 Å². The lowest BCUT2D eigenvalue weighted by molar-refractivity contribution is -0.159. The molecule has 1 amide bonds. The van der Waals surface area contributed by atoms with Crippen LogP contribution in [0.4, 0.5) is 0 Å². The summed E-state index contributed by atoms with van der Waals surface area (Å²) in [5, 5.41) is 12.5. The second-order valence-electron chi connectivity index (χ2n) is 7.55. The van der Waals surface area contributed by atoms with E-state index >= 15 is 0 Å². The number of hydrogen-bond donors (Lipinski definition) is 1. The van der Waals surface area contributed by atoms with Gasteiger partial charge in [0, 0.05) is 19.6 Å². The average molecular weight is 273 g/mol. The van der Waals surface area contributed by atoms with Gasteiger partial charge in [-0.25, -0.2) is 0 Å². The normalized spacial score (nSPS) is 46.2. The van der Waals surface area contributed by atoms with Crippen LogP contribution in [0.15, 0.2) is 0 Å². The van der Waals surface area contributed by atoms with Crippen LogP contribution in [0.5, 0.6) is 0 Å². The van der Waals surface area contributed by atoms with Crippen molar-refractivity contribution in [2.24, 2.45) is 23.2 Å². The highest BCUT2D eigenvalue weighted by molar-refractivity contribution is 5.84. The highest BCUT2D eigenvalue weighted by Gasteiger charge is 2.56. The number of carbonyl (C=O) groups excluding carboxylic acids is 1. The molecule has 0 radical (unpaired) electrons. The molecule has 0 aromatic carbocycles. The third-order valence-electron chi connectivity index (χ3n) is 6.15. The van der Waals surface area contributed by atoms with Crippen LogP contribution in [-0.2, 0) is 4.79 Å². The van der Waals surface area contributed by atoms with E-state index in [-0.39, 0.29) is 11.5 Å². The third kappa shape index (κ3) is 1.79. The molecule has 0 aromatic heterocycles. The molecule has 4 nitrogen and oxygen atoms in total. The van der Waals surface area contributed by atoms with Crippen LogP contribution in [0.1, 0.15) is 38.5 Å². The fourth-order valence-corrected chi connectivity index (χ4v) is 5.74. The summed E-state index contributed by atoms with van der Waals surface area (Å²) in [6.07, 6.45) is 7.36. The van der Waals surface area contributed by atoms with Crippen molar-refractivity contribution < 1.29 is 4.79 Å². The van der Waals surface area contributed by atoms with Gasteiger partial charge in [-0.15, -0.1) is 0 Å². The van der Waals surface area contributed by atoms with Gasteiger partial charge in [0.2, 0.25) is 5.91 Å². The van der Waals surface area contributed by atoms with Crippen molar-refractivity contribution >= 4 is 5.91 Å². The second-order valence-corrected chi connectivity index (χ2v) is 7.55. The molecule has 1 atom stereocenters. The monoisotopic (exact) mass is 273 g/mol.